The number of hydrogen-bond acceptors (Lipinski definition) is 3. The minimum atomic E-state index is 0.254. The summed E-state index contributed by atoms with van der Waals surface area (Å²) in [7, 11) is 0. The predicted octanol–water partition coefficient (Wildman–Crippen LogP) is 4.06. The van der Waals surface area contributed by atoms with Crippen molar-refractivity contribution in [3.8, 4) is 0 Å². The molecule has 0 aromatic heterocycles. The van der Waals surface area contributed by atoms with Gasteiger partial charge in [-0.25, -0.2) is 0 Å². The first-order valence-electron chi connectivity index (χ1n) is 7.54. The molecule has 1 aliphatic heterocycles. The van der Waals surface area contributed by atoms with E-state index in [0.717, 1.165) is 35.7 Å². The van der Waals surface area contributed by atoms with Crippen molar-refractivity contribution in [3.05, 3.63) is 28.2 Å². The third-order valence-corrected chi connectivity index (χ3v) is 5.85. The molecule has 0 spiro atoms. The summed E-state index contributed by atoms with van der Waals surface area (Å²) in [4.78, 5) is 2.55. The van der Waals surface area contributed by atoms with Gasteiger partial charge in [-0.15, -0.1) is 0 Å². The third-order valence-electron chi connectivity index (χ3n) is 3.98. The summed E-state index contributed by atoms with van der Waals surface area (Å²) in [6, 6.07) is 6.90. The van der Waals surface area contributed by atoms with Gasteiger partial charge in [-0.1, -0.05) is 29.8 Å². The smallest absolute Gasteiger partial charge is 0.0400 e. The van der Waals surface area contributed by atoms with Gasteiger partial charge in [-0.05, 0) is 43.0 Å². The van der Waals surface area contributed by atoms with Crippen molar-refractivity contribution in [2.24, 2.45) is 5.73 Å². The number of nitrogens with two attached hydrogens (primary N) is 1. The van der Waals surface area contributed by atoms with E-state index >= 15 is 0 Å². The zero-order chi connectivity index (χ0) is 14.5. The molecule has 0 amide bonds. The molecule has 1 heterocycles. The zero-order valence-electron chi connectivity index (χ0n) is 12.4. The number of hydrogen-bond donors (Lipinski definition) is 1. The lowest BCUT2D eigenvalue weighted by atomic mass is 10.0. The molecule has 1 saturated heterocycles. The van der Waals surface area contributed by atoms with Crippen molar-refractivity contribution in [1.82, 2.24) is 0 Å². The fraction of sp³-hybridized carbons (Fsp3) is 0.625. The van der Waals surface area contributed by atoms with Crippen LogP contribution in [-0.2, 0) is 6.42 Å². The summed E-state index contributed by atoms with van der Waals surface area (Å²) in [5.41, 5.74) is 8.94. The highest BCUT2D eigenvalue weighted by atomic mass is 79.9. The lowest BCUT2D eigenvalue weighted by Gasteiger charge is -2.35. The summed E-state index contributed by atoms with van der Waals surface area (Å²) >= 11 is 5.71. The quantitative estimate of drug-likeness (QED) is 0.862. The van der Waals surface area contributed by atoms with Gasteiger partial charge >= 0.3 is 0 Å². The molecule has 2 nitrogen and oxygen atoms in total. The molecule has 20 heavy (non-hydrogen) atoms. The minimum absolute atomic E-state index is 0.254. The topological polar surface area (TPSA) is 29.3 Å². The van der Waals surface area contributed by atoms with Crippen molar-refractivity contribution in [3.63, 3.8) is 0 Å². The third kappa shape index (κ3) is 4.15. The van der Waals surface area contributed by atoms with Crippen molar-refractivity contribution >= 4 is 33.4 Å². The fourth-order valence-corrected chi connectivity index (χ4v) is 4.23. The molecule has 2 rings (SSSR count). The summed E-state index contributed by atoms with van der Waals surface area (Å²) in [5, 5.41) is 0.764. The van der Waals surface area contributed by atoms with Crippen molar-refractivity contribution in [2.45, 2.75) is 44.4 Å². The summed E-state index contributed by atoms with van der Waals surface area (Å²) < 4.78 is 1.15. The van der Waals surface area contributed by atoms with Gasteiger partial charge in [0, 0.05) is 40.3 Å². The molecule has 1 aromatic carbocycles. The molecule has 2 N–H and O–H groups in total. The second kappa shape index (κ2) is 7.71. The van der Waals surface area contributed by atoms with E-state index in [1.807, 2.05) is 0 Å². The molecule has 2 unspecified atom stereocenters. The van der Waals surface area contributed by atoms with Gasteiger partial charge < -0.3 is 10.6 Å². The summed E-state index contributed by atoms with van der Waals surface area (Å²) in [6.45, 7) is 6.76. The van der Waals surface area contributed by atoms with Gasteiger partial charge in [-0.3, -0.25) is 0 Å². The normalized spacial score (nSPS) is 21.0. The molecule has 2 atom stereocenters. The summed E-state index contributed by atoms with van der Waals surface area (Å²) in [6.07, 6.45) is 3.24. The maximum atomic E-state index is 6.17. The molecule has 4 heteroatoms. The highest BCUT2D eigenvalue weighted by Gasteiger charge is 2.21. The van der Waals surface area contributed by atoms with Gasteiger partial charge in [0.1, 0.15) is 0 Å². The maximum Gasteiger partial charge on any atom is 0.0400 e. The largest absolute Gasteiger partial charge is 0.369 e. The van der Waals surface area contributed by atoms with Crippen LogP contribution >= 0.6 is 27.7 Å². The van der Waals surface area contributed by atoms with Crippen molar-refractivity contribution in [2.75, 3.05) is 23.7 Å². The predicted molar refractivity (Wildman–Crippen MR) is 94.9 cm³/mol. The van der Waals surface area contributed by atoms with Crippen LogP contribution in [-0.4, -0.2) is 30.1 Å². The number of nitrogens with zero attached hydrogens (tertiary/aromatic N) is 1. The lowest BCUT2D eigenvalue weighted by Crippen LogP contribution is -2.38. The molecule has 1 aliphatic rings. The van der Waals surface area contributed by atoms with E-state index in [4.69, 9.17) is 5.73 Å². The Bertz CT molecular complexity index is 438. The first-order chi connectivity index (χ1) is 9.63. The molecule has 1 aromatic rings. The highest BCUT2D eigenvalue weighted by Crippen LogP contribution is 2.30. The van der Waals surface area contributed by atoms with Gasteiger partial charge in [-0.2, -0.15) is 11.8 Å². The van der Waals surface area contributed by atoms with Gasteiger partial charge in [0.05, 0.1) is 0 Å². The number of halogens is 1. The standard InChI is InChI=1S/C16H25BrN2S/c1-3-14(18)10-12-9-13(17)5-6-16(12)19-7-8-20-15(4-2)11-19/h5-6,9,14-15H,3-4,7-8,10-11,18H2,1-2H3. The Hall–Kier alpha value is -0.190. The number of benzene rings is 1. The number of anilines is 1. The molecular weight excluding hydrogens is 332 g/mol. The molecule has 0 radical (unpaired) electrons. The van der Waals surface area contributed by atoms with E-state index < -0.39 is 0 Å². The number of rotatable bonds is 5. The van der Waals surface area contributed by atoms with Crippen molar-refractivity contribution in [1.29, 1.82) is 0 Å². The van der Waals surface area contributed by atoms with E-state index in [1.165, 1.54) is 23.4 Å². The second-order valence-electron chi connectivity index (χ2n) is 5.49. The molecule has 112 valence electrons. The van der Waals surface area contributed by atoms with Crippen LogP contribution in [0.3, 0.4) is 0 Å². The van der Waals surface area contributed by atoms with Crippen LogP contribution in [0.5, 0.6) is 0 Å². The van der Waals surface area contributed by atoms with Crippen molar-refractivity contribution < 1.29 is 0 Å². The number of thioether (sulfide) groups is 1. The van der Waals surface area contributed by atoms with E-state index in [1.54, 1.807) is 0 Å². The summed E-state index contributed by atoms with van der Waals surface area (Å²) in [5.74, 6) is 1.23. The Morgan fingerprint density at radius 3 is 2.95 bits per heavy atom. The molecule has 0 bridgehead atoms. The van der Waals surface area contributed by atoms with Crippen LogP contribution in [0.2, 0.25) is 0 Å². The van der Waals surface area contributed by atoms with E-state index in [0.29, 0.717) is 0 Å². The average molecular weight is 357 g/mol. The lowest BCUT2D eigenvalue weighted by molar-refractivity contribution is 0.642. The van der Waals surface area contributed by atoms with Crippen LogP contribution < -0.4 is 10.6 Å². The van der Waals surface area contributed by atoms with E-state index in [-0.39, 0.29) is 6.04 Å². The van der Waals surface area contributed by atoms with E-state index in [2.05, 4.69) is 64.6 Å². The Labute approximate surface area is 135 Å². The van der Waals surface area contributed by atoms with Gasteiger partial charge in [0.25, 0.3) is 0 Å². The van der Waals surface area contributed by atoms with Crippen LogP contribution in [0, 0.1) is 0 Å². The SMILES string of the molecule is CCC(N)Cc1cc(Br)ccc1N1CCSC(CC)C1. The monoisotopic (exact) mass is 356 g/mol. The van der Waals surface area contributed by atoms with Gasteiger partial charge in [0.2, 0.25) is 0 Å². The van der Waals surface area contributed by atoms with Crippen LogP contribution in [0.15, 0.2) is 22.7 Å². The zero-order valence-corrected chi connectivity index (χ0v) is 14.8. The average Bonchev–Trinajstić information content (AvgIpc) is 2.47. The highest BCUT2D eigenvalue weighted by molar-refractivity contribution is 9.10. The van der Waals surface area contributed by atoms with Crippen LogP contribution in [0.1, 0.15) is 32.3 Å². The Kier molecular flexibility index (Phi) is 6.24. The second-order valence-corrected chi connectivity index (χ2v) is 7.82. The van der Waals surface area contributed by atoms with E-state index in [9.17, 15) is 0 Å². The molecule has 0 aliphatic carbocycles. The Balaban J connectivity index is 2.21. The first kappa shape index (κ1) is 16.2. The molecule has 0 saturated carbocycles. The van der Waals surface area contributed by atoms with Crippen LogP contribution in [0.25, 0.3) is 0 Å². The molecular formula is C16H25BrN2S. The maximum absolute atomic E-state index is 6.17. The van der Waals surface area contributed by atoms with Crippen LogP contribution in [0.4, 0.5) is 5.69 Å². The fourth-order valence-electron chi connectivity index (χ4n) is 2.64. The van der Waals surface area contributed by atoms with Gasteiger partial charge in [0.15, 0.2) is 0 Å². The minimum Gasteiger partial charge on any atom is -0.369 e. The Morgan fingerprint density at radius 2 is 2.25 bits per heavy atom. The Morgan fingerprint density at radius 1 is 1.45 bits per heavy atom. The molecule has 1 fully saturated rings. The first-order valence-corrected chi connectivity index (χ1v) is 9.38.